The van der Waals surface area contributed by atoms with E-state index < -0.39 is 0 Å². The molecule has 0 spiro atoms. The number of rotatable bonds is 1. The van der Waals surface area contributed by atoms with Gasteiger partial charge in [-0.3, -0.25) is 9.59 Å². The van der Waals surface area contributed by atoms with Crippen LogP contribution in [0.25, 0.3) is 0 Å². The molecule has 2 aliphatic heterocycles. The Bertz CT molecular complexity index is 813. The molecule has 0 saturated carbocycles. The van der Waals surface area contributed by atoms with Crippen molar-refractivity contribution < 1.29 is 9.53 Å². The average molecular weight is 297 g/mol. The molecule has 0 aliphatic carbocycles. The first-order valence-electron chi connectivity index (χ1n) is 7.33. The van der Waals surface area contributed by atoms with Crippen LogP contribution < -0.4 is 10.3 Å². The zero-order valence-electron chi connectivity index (χ0n) is 12.0. The largest absolute Gasteiger partial charge is 0.492 e. The summed E-state index contributed by atoms with van der Waals surface area (Å²) in [5, 5.41) is 0. The number of H-pyrrole nitrogens is 1. The van der Waals surface area contributed by atoms with Crippen LogP contribution in [0.15, 0.2) is 29.3 Å². The van der Waals surface area contributed by atoms with Crippen molar-refractivity contribution >= 4 is 5.91 Å². The van der Waals surface area contributed by atoms with Gasteiger partial charge in [-0.05, 0) is 18.1 Å². The van der Waals surface area contributed by atoms with E-state index in [9.17, 15) is 9.59 Å². The number of hydrogen-bond acceptors (Lipinski definition) is 4. The molecule has 0 radical (unpaired) electrons. The van der Waals surface area contributed by atoms with Gasteiger partial charge in [-0.1, -0.05) is 12.1 Å². The van der Waals surface area contributed by atoms with E-state index >= 15 is 0 Å². The third-order valence-electron chi connectivity index (χ3n) is 4.24. The molecule has 0 bridgehead atoms. The second kappa shape index (κ2) is 4.98. The SMILES string of the molecule is O=C(c1cccc2c1OCC2)N1CCc2c(nc[nH]c2=O)C1. The van der Waals surface area contributed by atoms with E-state index in [1.807, 2.05) is 12.1 Å². The first-order chi connectivity index (χ1) is 10.7. The Morgan fingerprint density at radius 3 is 3.14 bits per heavy atom. The molecule has 0 saturated heterocycles. The lowest BCUT2D eigenvalue weighted by molar-refractivity contribution is 0.0727. The maximum Gasteiger partial charge on any atom is 0.257 e. The fraction of sp³-hybridized carbons (Fsp3) is 0.312. The number of ether oxygens (including phenoxy) is 1. The Morgan fingerprint density at radius 2 is 2.23 bits per heavy atom. The highest BCUT2D eigenvalue weighted by Gasteiger charge is 2.28. The molecule has 0 atom stereocenters. The van der Waals surface area contributed by atoms with Gasteiger partial charge in [-0.25, -0.2) is 4.98 Å². The fourth-order valence-corrected chi connectivity index (χ4v) is 3.09. The summed E-state index contributed by atoms with van der Waals surface area (Å²) in [7, 11) is 0. The van der Waals surface area contributed by atoms with Gasteiger partial charge in [0.05, 0.1) is 30.7 Å². The summed E-state index contributed by atoms with van der Waals surface area (Å²) in [5.41, 5.74) is 2.93. The monoisotopic (exact) mass is 297 g/mol. The zero-order chi connectivity index (χ0) is 15.1. The second-order valence-corrected chi connectivity index (χ2v) is 5.53. The van der Waals surface area contributed by atoms with Crippen LogP contribution in [-0.2, 0) is 19.4 Å². The summed E-state index contributed by atoms with van der Waals surface area (Å²) < 4.78 is 5.61. The van der Waals surface area contributed by atoms with E-state index in [1.54, 1.807) is 11.0 Å². The molecule has 22 heavy (non-hydrogen) atoms. The van der Waals surface area contributed by atoms with Crippen LogP contribution in [0.5, 0.6) is 5.75 Å². The maximum atomic E-state index is 12.8. The van der Waals surface area contributed by atoms with Gasteiger partial charge < -0.3 is 14.6 Å². The van der Waals surface area contributed by atoms with Crippen LogP contribution in [0.4, 0.5) is 0 Å². The Balaban J connectivity index is 1.65. The van der Waals surface area contributed by atoms with Crippen LogP contribution in [0.3, 0.4) is 0 Å². The number of benzene rings is 1. The van der Waals surface area contributed by atoms with Crippen LogP contribution in [0, 0.1) is 0 Å². The number of para-hydroxylation sites is 1. The lowest BCUT2D eigenvalue weighted by atomic mass is 10.0. The van der Waals surface area contributed by atoms with Gasteiger partial charge in [0.15, 0.2) is 0 Å². The lowest BCUT2D eigenvalue weighted by Gasteiger charge is -2.27. The molecule has 0 fully saturated rings. The van der Waals surface area contributed by atoms with Crippen LogP contribution >= 0.6 is 0 Å². The minimum atomic E-state index is -0.110. The number of carbonyl (C=O) groups is 1. The first-order valence-corrected chi connectivity index (χ1v) is 7.33. The maximum absolute atomic E-state index is 12.8. The smallest absolute Gasteiger partial charge is 0.257 e. The van der Waals surface area contributed by atoms with Gasteiger partial charge in [0, 0.05) is 18.5 Å². The predicted molar refractivity (Wildman–Crippen MR) is 78.9 cm³/mol. The summed E-state index contributed by atoms with van der Waals surface area (Å²) in [6.07, 6.45) is 2.76. The molecular weight excluding hydrogens is 282 g/mol. The molecule has 6 heteroatoms. The van der Waals surface area contributed by atoms with Gasteiger partial charge in [0.25, 0.3) is 11.5 Å². The zero-order valence-corrected chi connectivity index (χ0v) is 12.0. The summed E-state index contributed by atoms with van der Waals surface area (Å²) in [6, 6.07) is 5.68. The number of nitrogens with zero attached hydrogens (tertiary/aromatic N) is 2. The molecule has 6 nitrogen and oxygen atoms in total. The van der Waals surface area contributed by atoms with Gasteiger partial charge in [-0.15, -0.1) is 0 Å². The fourth-order valence-electron chi connectivity index (χ4n) is 3.09. The van der Waals surface area contributed by atoms with Crippen molar-refractivity contribution in [3.63, 3.8) is 0 Å². The van der Waals surface area contributed by atoms with E-state index in [2.05, 4.69) is 9.97 Å². The van der Waals surface area contributed by atoms with Crippen molar-refractivity contribution in [2.24, 2.45) is 0 Å². The number of aromatic amines is 1. The van der Waals surface area contributed by atoms with Crippen molar-refractivity contribution in [2.75, 3.05) is 13.2 Å². The third-order valence-corrected chi connectivity index (χ3v) is 4.24. The standard InChI is InChI=1S/C16H15N3O3/c20-15-11-4-6-19(8-13(11)17-9-18-15)16(21)12-3-1-2-10-5-7-22-14(10)12/h1-3,9H,4-8H2,(H,17,18,20). The minimum Gasteiger partial charge on any atom is -0.492 e. The summed E-state index contributed by atoms with van der Waals surface area (Å²) in [5.74, 6) is 0.642. The van der Waals surface area contributed by atoms with Crippen molar-refractivity contribution in [1.29, 1.82) is 0 Å². The first kappa shape index (κ1) is 13.1. The summed E-state index contributed by atoms with van der Waals surface area (Å²) >= 11 is 0. The van der Waals surface area contributed by atoms with Gasteiger partial charge >= 0.3 is 0 Å². The number of amides is 1. The van der Waals surface area contributed by atoms with Gasteiger partial charge in [-0.2, -0.15) is 0 Å². The van der Waals surface area contributed by atoms with E-state index in [1.165, 1.54) is 6.33 Å². The number of carbonyl (C=O) groups excluding carboxylic acids is 1. The molecule has 1 aromatic heterocycles. The Labute approximate surface area is 126 Å². The predicted octanol–water partition coefficient (Wildman–Crippen LogP) is 0.903. The van der Waals surface area contributed by atoms with E-state index in [0.29, 0.717) is 48.7 Å². The molecule has 1 N–H and O–H groups in total. The van der Waals surface area contributed by atoms with E-state index in [-0.39, 0.29) is 11.5 Å². The Kier molecular flexibility index (Phi) is 2.96. The topological polar surface area (TPSA) is 75.3 Å². The van der Waals surface area contributed by atoms with Crippen LogP contribution in [0.2, 0.25) is 0 Å². The summed E-state index contributed by atoms with van der Waals surface area (Å²) in [4.78, 5) is 33.0. The molecule has 2 aliphatic rings. The molecule has 4 rings (SSSR count). The van der Waals surface area contributed by atoms with E-state index in [4.69, 9.17) is 4.74 Å². The number of aromatic nitrogens is 2. The molecule has 112 valence electrons. The highest BCUT2D eigenvalue weighted by molar-refractivity contribution is 5.97. The molecule has 1 amide bonds. The Morgan fingerprint density at radius 1 is 1.32 bits per heavy atom. The number of fused-ring (bicyclic) bond motifs is 2. The van der Waals surface area contributed by atoms with Crippen LogP contribution in [0.1, 0.15) is 27.2 Å². The van der Waals surface area contributed by atoms with Crippen molar-refractivity contribution in [1.82, 2.24) is 14.9 Å². The highest BCUT2D eigenvalue weighted by Crippen LogP contribution is 2.31. The van der Waals surface area contributed by atoms with Crippen molar-refractivity contribution in [3.8, 4) is 5.75 Å². The van der Waals surface area contributed by atoms with Crippen molar-refractivity contribution in [2.45, 2.75) is 19.4 Å². The molecule has 3 heterocycles. The van der Waals surface area contributed by atoms with Gasteiger partial charge in [0.1, 0.15) is 5.75 Å². The third kappa shape index (κ3) is 1.99. The van der Waals surface area contributed by atoms with Crippen LogP contribution in [-0.4, -0.2) is 33.9 Å². The molecular formula is C16H15N3O3. The quantitative estimate of drug-likeness (QED) is 0.848. The number of hydrogen-bond donors (Lipinski definition) is 1. The highest BCUT2D eigenvalue weighted by atomic mass is 16.5. The molecule has 1 aromatic carbocycles. The Hall–Kier alpha value is -2.63. The van der Waals surface area contributed by atoms with Crippen molar-refractivity contribution in [3.05, 3.63) is 57.3 Å². The number of nitrogens with one attached hydrogen (secondary N) is 1. The van der Waals surface area contributed by atoms with Gasteiger partial charge in [0.2, 0.25) is 0 Å². The van der Waals surface area contributed by atoms with E-state index in [0.717, 1.165) is 12.0 Å². The minimum absolute atomic E-state index is 0.0634. The lowest BCUT2D eigenvalue weighted by Crippen LogP contribution is -2.39. The molecule has 0 unspecified atom stereocenters. The second-order valence-electron chi connectivity index (χ2n) is 5.53. The molecule has 2 aromatic rings. The normalized spacial score (nSPS) is 15.9. The average Bonchev–Trinajstić information content (AvgIpc) is 3.02. The summed E-state index contributed by atoms with van der Waals surface area (Å²) in [6.45, 7) is 1.51.